The van der Waals surface area contributed by atoms with Crippen molar-refractivity contribution in [3.63, 3.8) is 0 Å². The molecule has 3 aliphatic rings. The maximum atomic E-state index is 3.88. The number of hydrogen-bond acceptors (Lipinski definition) is 1. The standard InChI is InChI=1S/C17H31N/c1-3-13(4-2)10-17(12-18-16-7-8-16)11-14-5-6-15(17)9-14/h13-16,18H,3-12H2,1-2H3. The van der Waals surface area contributed by atoms with Gasteiger partial charge in [-0.3, -0.25) is 0 Å². The zero-order valence-electron chi connectivity index (χ0n) is 12.4. The number of nitrogens with one attached hydrogen (secondary N) is 1. The molecule has 0 radical (unpaired) electrons. The summed E-state index contributed by atoms with van der Waals surface area (Å²) in [6.07, 6.45) is 13.4. The minimum Gasteiger partial charge on any atom is -0.313 e. The monoisotopic (exact) mass is 249 g/mol. The Morgan fingerprint density at radius 3 is 2.39 bits per heavy atom. The zero-order chi connectivity index (χ0) is 12.6. The van der Waals surface area contributed by atoms with Crippen LogP contribution in [-0.4, -0.2) is 12.6 Å². The van der Waals surface area contributed by atoms with Crippen molar-refractivity contribution < 1.29 is 0 Å². The summed E-state index contributed by atoms with van der Waals surface area (Å²) in [5, 5.41) is 3.88. The molecular weight excluding hydrogens is 218 g/mol. The highest BCUT2D eigenvalue weighted by Gasteiger charge is 2.51. The van der Waals surface area contributed by atoms with Gasteiger partial charge in [0.1, 0.15) is 0 Å². The van der Waals surface area contributed by atoms with E-state index in [0.29, 0.717) is 5.41 Å². The van der Waals surface area contributed by atoms with Crippen molar-refractivity contribution in [2.75, 3.05) is 6.54 Å². The first-order chi connectivity index (χ1) is 8.75. The molecule has 1 N–H and O–H groups in total. The van der Waals surface area contributed by atoms with Gasteiger partial charge >= 0.3 is 0 Å². The third-order valence-corrected chi connectivity index (χ3v) is 6.27. The molecule has 3 rings (SSSR count). The summed E-state index contributed by atoms with van der Waals surface area (Å²) in [6, 6.07) is 0.891. The molecule has 0 aliphatic heterocycles. The Kier molecular flexibility index (Phi) is 3.71. The molecule has 104 valence electrons. The Morgan fingerprint density at radius 2 is 1.89 bits per heavy atom. The average Bonchev–Trinajstić information content (AvgIpc) is 3.02. The highest BCUT2D eigenvalue weighted by Crippen LogP contribution is 2.58. The number of fused-ring (bicyclic) bond motifs is 2. The van der Waals surface area contributed by atoms with E-state index < -0.39 is 0 Å². The SMILES string of the molecule is CCC(CC)CC1(CNC2CC2)CC2CCC1C2. The summed E-state index contributed by atoms with van der Waals surface area (Å²) in [5.41, 5.74) is 0.697. The van der Waals surface area contributed by atoms with Crippen molar-refractivity contribution in [1.82, 2.24) is 5.32 Å². The predicted octanol–water partition coefficient (Wildman–Crippen LogP) is 4.37. The van der Waals surface area contributed by atoms with Crippen LogP contribution in [0.25, 0.3) is 0 Å². The van der Waals surface area contributed by atoms with Gasteiger partial charge in [-0.1, -0.05) is 33.1 Å². The van der Waals surface area contributed by atoms with Crippen molar-refractivity contribution in [2.45, 2.75) is 77.7 Å². The normalized spacial score (nSPS) is 38.8. The van der Waals surface area contributed by atoms with E-state index >= 15 is 0 Å². The first-order valence-corrected chi connectivity index (χ1v) is 8.49. The second-order valence-electron chi connectivity index (χ2n) is 7.48. The third-order valence-electron chi connectivity index (χ3n) is 6.27. The molecule has 0 amide bonds. The number of rotatable bonds is 7. The number of hydrogen-bond donors (Lipinski definition) is 1. The van der Waals surface area contributed by atoms with Gasteiger partial charge in [-0.25, -0.2) is 0 Å². The van der Waals surface area contributed by atoms with Crippen molar-refractivity contribution in [2.24, 2.45) is 23.2 Å². The van der Waals surface area contributed by atoms with Gasteiger partial charge in [-0.05, 0) is 61.7 Å². The van der Waals surface area contributed by atoms with E-state index in [1.54, 1.807) is 19.3 Å². The fraction of sp³-hybridized carbons (Fsp3) is 1.00. The molecule has 0 spiro atoms. The van der Waals surface area contributed by atoms with Crippen LogP contribution in [-0.2, 0) is 0 Å². The van der Waals surface area contributed by atoms with Gasteiger partial charge in [0.2, 0.25) is 0 Å². The molecule has 18 heavy (non-hydrogen) atoms. The van der Waals surface area contributed by atoms with E-state index in [1.807, 2.05) is 0 Å². The Labute approximate surface area is 113 Å². The first-order valence-electron chi connectivity index (χ1n) is 8.49. The maximum Gasteiger partial charge on any atom is 0.00684 e. The summed E-state index contributed by atoms with van der Waals surface area (Å²) >= 11 is 0. The minimum atomic E-state index is 0.697. The summed E-state index contributed by atoms with van der Waals surface area (Å²) < 4.78 is 0. The maximum absolute atomic E-state index is 3.88. The van der Waals surface area contributed by atoms with E-state index in [0.717, 1.165) is 23.8 Å². The second kappa shape index (κ2) is 5.15. The topological polar surface area (TPSA) is 12.0 Å². The molecule has 1 heteroatoms. The smallest absolute Gasteiger partial charge is 0.00684 e. The van der Waals surface area contributed by atoms with E-state index in [4.69, 9.17) is 0 Å². The molecule has 0 aromatic heterocycles. The zero-order valence-corrected chi connectivity index (χ0v) is 12.4. The Hall–Kier alpha value is -0.0400. The fourth-order valence-electron chi connectivity index (χ4n) is 4.88. The summed E-state index contributed by atoms with van der Waals surface area (Å²) in [6.45, 7) is 6.13. The van der Waals surface area contributed by atoms with Gasteiger partial charge in [-0.2, -0.15) is 0 Å². The highest BCUT2D eigenvalue weighted by atomic mass is 15.0. The molecule has 3 unspecified atom stereocenters. The van der Waals surface area contributed by atoms with Gasteiger partial charge in [0.15, 0.2) is 0 Å². The van der Waals surface area contributed by atoms with Crippen molar-refractivity contribution in [1.29, 1.82) is 0 Å². The van der Waals surface area contributed by atoms with Gasteiger partial charge < -0.3 is 5.32 Å². The van der Waals surface area contributed by atoms with Crippen LogP contribution in [0.1, 0.15) is 71.6 Å². The van der Waals surface area contributed by atoms with Crippen LogP contribution in [0.15, 0.2) is 0 Å². The molecule has 3 aliphatic carbocycles. The molecule has 0 saturated heterocycles. The lowest BCUT2D eigenvalue weighted by atomic mass is 9.67. The summed E-state index contributed by atoms with van der Waals surface area (Å²) in [4.78, 5) is 0. The van der Waals surface area contributed by atoms with Crippen LogP contribution in [0.4, 0.5) is 0 Å². The predicted molar refractivity (Wildman–Crippen MR) is 77.6 cm³/mol. The second-order valence-corrected chi connectivity index (χ2v) is 7.48. The average molecular weight is 249 g/mol. The van der Waals surface area contributed by atoms with E-state index in [-0.39, 0.29) is 0 Å². The molecule has 3 saturated carbocycles. The largest absolute Gasteiger partial charge is 0.313 e. The Balaban J connectivity index is 1.66. The van der Waals surface area contributed by atoms with Crippen LogP contribution >= 0.6 is 0 Å². The Morgan fingerprint density at radius 1 is 1.11 bits per heavy atom. The van der Waals surface area contributed by atoms with Gasteiger partial charge in [0, 0.05) is 12.6 Å². The van der Waals surface area contributed by atoms with Gasteiger partial charge in [-0.15, -0.1) is 0 Å². The Bertz CT molecular complexity index is 279. The molecule has 3 fully saturated rings. The minimum absolute atomic E-state index is 0.697. The molecule has 3 atom stereocenters. The van der Waals surface area contributed by atoms with Crippen LogP contribution in [0, 0.1) is 23.2 Å². The quantitative estimate of drug-likeness (QED) is 0.706. The van der Waals surface area contributed by atoms with Crippen molar-refractivity contribution in [3.05, 3.63) is 0 Å². The fourth-order valence-corrected chi connectivity index (χ4v) is 4.88. The van der Waals surface area contributed by atoms with Crippen LogP contribution in [0.5, 0.6) is 0 Å². The summed E-state index contributed by atoms with van der Waals surface area (Å²) in [7, 11) is 0. The molecule has 1 nitrogen and oxygen atoms in total. The van der Waals surface area contributed by atoms with Gasteiger partial charge in [0.05, 0.1) is 0 Å². The van der Waals surface area contributed by atoms with E-state index in [1.165, 1.54) is 45.1 Å². The van der Waals surface area contributed by atoms with Crippen LogP contribution < -0.4 is 5.32 Å². The molecule has 0 heterocycles. The van der Waals surface area contributed by atoms with Crippen LogP contribution in [0.2, 0.25) is 0 Å². The lowest BCUT2D eigenvalue weighted by Gasteiger charge is -2.41. The lowest BCUT2D eigenvalue weighted by molar-refractivity contribution is 0.112. The van der Waals surface area contributed by atoms with Crippen molar-refractivity contribution in [3.8, 4) is 0 Å². The lowest BCUT2D eigenvalue weighted by Crippen LogP contribution is -2.41. The summed E-state index contributed by atoms with van der Waals surface area (Å²) in [5.74, 6) is 3.13. The van der Waals surface area contributed by atoms with E-state index in [2.05, 4.69) is 19.2 Å². The molecule has 0 aromatic carbocycles. The molecule has 0 aromatic rings. The van der Waals surface area contributed by atoms with Crippen molar-refractivity contribution >= 4 is 0 Å². The van der Waals surface area contributed by atoms with Crippen LogP contribution in [0.3, 0.4) is 0 Å². The molecular formula is C17H31N. The highest BCUT2D eigenvalue weighted by molar-refractivity contribution is 5.03. The molecule has 2 bridgehead atoms. The van der Waals surface area contributed by atoms with E-state index in [9.17, 15) is 0 Å². The van der Waals surface area contributed by atoms with Gasteiger partial charge in [0.25, 0.3) is 0 Å². The first kappa shape index (κ1) is 13.0. The third kappa shape index (κ3) is 2.48.